The largest absolute Gasteiger partial charge is 0.343 e. The summed E-state index contributed by atoms with van der Waals surface area (Å²) in [5.74, 6) is 0.464. The van der Waals surface area contributed by atoms with E-state index in [1.54, 1.807) is 0 Å². The molecule has 1 atom stereocenters. The first-order chi connectivity index (χ1) is 11.6. The molecule has 2 rings (SSSR count). The Morgan fingerprint density at radius 1 is 1.08 bits per heavy atom. The second kappa shape index (κ2) is 8.86. The third kappa shape index (κ3) is 4.16. The van der Waals surface area contributed by atoms with Crippen molar-refractivity contribution < 1.29 is 9.59 Å². The Morgan fingerprint density at radius 2 is 1.67 bits per heavy atom. The van der Waals surface area contributed by atoms with Gasteiger partial charge in [-0.25, -0.2) is 0 Å². The molecule has 0 saturated carbocycles. The van der Waals surface area contributed by atoms with Crippen molar-refractivity contribution in [1.82, 2.24) is 9.80 Å². The molecule has 1 aliphatic heterocycles. The highest BCUT2D eigenvalue weighted by Gasteiger charge is 2.31. The fourth-order valence-corrected chi connectivity index (χ4v) is 3.60. The van der Waals surface area contributed by atoms with Crippen LogP contribution < -0.4 is 0 Å². The second-order valence-corrected chi connectivity index (χ2v) is 6.48. The van der Waals surface area contributed by atoms with Gasteiger partial charge in [0.1, 0.15) is 0 Å². The van der Waals surface area contributed by atoms with Crippen LogP contribution in [0, 0.1) is 5.92 Å². The van der Waals surface area contributed by atoms with Gasteiger partial charge in [-0.2, -0.15) is 0 Å². The summed E-state index contributed by atoms with van der Waals surface area (Å²) in [6.07, 6.45) is 2.37. The lowest BCUT2D eigenvalue weighted by molar-refractivity contribution is -0.141. The van der Waals surface area contributed by atoms with Crippen LogP contribution in [0.4, 0.5) is 0 Å². The van der Waals surface area contributed by atoms with E-state index in [9.17, 15) is 9.59 Å². The Labute approximate surface area is 145 Å². The highest BCUT2D eigenvalue weighted by molar-refractivity contribution is 5.84. The van der Waals surface area contributed by atoms with Gasteiger partial charge in [-0.15, -0.1) is 0 Å². The van der Waals surface area contributed by atoms with E-state index in [2.05, 4.69) is 6.92 Å². The Hall–Kier alpha value is -1.84. The number of hydrogen-bond acceptors (Lipinski definition) is 2. The predicted molar refractivity (Wildman–Crippen MR) is 96.7 cm³/mol. The molecular weight excluding hydrogens is 300 g/mol. The van der Waals surface area contributed by atoms with E-state index >= 15 is 0 Å². The zero-order valence-electron chi connectivity index (χ0n) is 15.2. The first-order valence-electron chi connectivity index (χ1n) is 9.24. The first kappa shape index (κ1) is 18.5. The zero-order valence-corrected chi connectivity index (χ0v) is 15.2. The molecule has 0 N–H and O–H groups in total. The molecule has 2 amide bonds. The molecule has 4 heteroatoms. The smallest absolute Gasteiger partial charge is 0.230 e. The molecule has 1 heterocycles. The molecule has 1 aromatic carbocycles. The van der Waals surface area contributed by atoms with E-state index in [4.69, 9.17) is 0 Å². The van der Waals surface area contributed by atoms with Gasteiger partial charge in [0.15, 0.2) is 0 Å². The summed E-state index contributed by atoms with van der Waals surface area (Å²) in [7, 11) is 0. The van der Waals surface area contributed by atoms with Crippen molar-refractivity contribution >= 4 is 11.8 Å². The third-order valence-electron chi connectivity index (χ3n) is 5.14. The first-order valence-corrected chi connectivity index (χ1v) is 9.24. The average molecular weight is 330 g/mol. The van der Waals surface area contributed by atoms with Crippen molar-refractivity contribution in [2.24, 2.45) is 5.92 Å². The van der Waals surface area contributed by atoms with Gasteiger partial charge in [0.05, 0.1) is 5.92 Å². The molecule has 0 bridgehead atoms. The summed E-state index contributed by atoms with van der Waals surface area (Å²) in [6, 6.07) is 10.0. The second-order valence-electron chi connectivity index (χ2n) is 6.48. The molecule has 0 radical (unpaired) electrons. The molecule has 1 aliphatic rings. The molecule has 1 aromatic rings. The lowest BCUT2D eigenvalue weighted by Gasteiger charge is -2.35. The van der Waals surface area contributed by atoms with Gasteiger partial charge in [0.25, 0.3) is 0 Å². The summed E-state index contributed by atoms with van der Waals surface area (Å²) < 4.78 is 0. The number of likely N-dealkylation sites (tertiary alicyclic amines) is 1. The van der Waals surface area contributed by atoms with Gasteiger partial charge in [0, 0.05) is 32.1 Å². The van der Waals surface area contributed by atoms with Crippen molar-refractivity contribution in [3.05, 3.63) is 35.9 Å². The van der Waals surface area contributed by atoms with Gasteiger partial charge in [0.2, 0.25) is 11.8 Å². The molecule has 24 heavy (non-hydrogen) atoms. The van der Waals surface area contributed by atoms with Gasteiger partial charge in [-0.1, -0.05) is 37.3 Å². The highest BCUT2D eigenvalue weighted by Crippen LogP contribution is 2.26. The van der Waals surface area contributed by atoms with Crippen LogP contribution in [-0.4, -0.2) is 47.8 Å². The molecular formula is C20H30N2O2. The number of benzene rings is 1. The van der Waals surface area contributed by atoms with Crippen LogP contribution in [0.2, 0.25) is 0 Å². The lowest BCUT2D eigenvalue weighted by Crippen LogP contribution is -2.45. The SMILES string of the molecule is CC[C@@H](C(=O)N1CCC(C(=O)N(CC)CC)CC1)c1ccccc1. The summed E-state index contributed by atoms with van der Waals surface area (Å²) in [4.78, 5) is 29.2. The van der Waals surface area contributed by atoms with Crippen LogP contribution in [0.3, 0.4) is 0 Å². The van der Waals surface area contributed by atoms with Gasteiger partial charge >= 0.3 is 0 Å². The van der Waals surface area contributed by atoms with Gasteiger partial charge in [-0.05, 0) is 38.7 Å². The predicted octanol–water partition coefficient (Wildman–Crippen LogP) is 3.29. The number of piperidine rings is 1. The molecule has 1 fully saturated rings. The number of carbonyl (C=O) groups excluding carboxylic acids is 2. The van der Waals surface area contributed by atoms with Gasteiger partial charge in [-0.3, -0.25) is 9.59 Å². The maximum Gasteiger partial charge on any atom is 0.230 e. The third-order valence-corrected chi connectivity index (χ3v) is 5.14. The van der Waals surface area contributed by atoms with Crippen molar-refractivity contribution in [3.63, 3.8) is 0 Å². The molecule has 132 valence electrons. The van der Waals surface area contributed by atoms with Crippen molar-refractivity contribution in [2.45, 2.75) is 46.0 Å². The lowest BCUT2D eigenvalue weighted by atomic mass is 9.91. The average Bonchev–Trinajstić information content (AvgIpc) is 2.64. The maximum absolute atomic E-state index is 12.9. The summed E-state index contributed by atoms with van der Waals surface area (Å²) in [5, 5.41) is 0. The molecule has 0 aliphatic carbocycles. The Kier molecular flexibility index (Phi) is 6.83. The van der Waals surface area contributed by atoms with Crippen LogP contribution in [0.1, 0.15) is 51.5 Å². The van der Waals surface area contributed by atoms with Crippen LogP contribution in [-0.2, 0) is 9.59 Å². The fraction of sp³-hybridized carbons (Fsp3) is 0.600. The number of hydrogen-bond donors (Lipinski definition) is 0. The monoisotopic (exact) mass is 330 g/mol. The number of rotatable bonds is 6. The van der Waals surface area contributed by atoms with Crippen molar-refractivity contribution in [3.8, 4) is 0 Å². The van der Waals surface area contributed by atoms with E-state index in [0.29, 0.717) is 13.1 Å². The van der Waals surface area contributed by atoms with E-state index in [1.165, 1.54) is 0 Å². The fourth-order valence-electron chi connectivity index (χ4n) is 3.60. The van der Waals surface area contributed by atoms with Crippen LogP contribution >= 0.6 is 0 Å². The summed E-state index contributed by atoms with van der Waals surface area (Å²) >= 11 is 0. The van der Waals surface area contributed by atoms with Crippen LogP contribution in [0.5, 0.6) is 0 Å². The maximum atomic E-state index is 12.9. The minimum atomic E-state index is -0.0683. The van der Waals surface area contributed by atoms with Crippen molar-refractivity contribution in [1.29, 1.82) is 0 Å². The number of carbonyl (C=O) groups is 2. The van der Waals surface area contributed by atoms with E-state index in [1.807, 2.05) is 54.0 Å². The standard InChI is InChI=1S/C20H30N2O2/c1-4-18(16-10-8-7-9-11-16)20(24)22-14-12-17(13-15-22)19(23)21(5-2)6-3/h7-11,17-18H,4-6,12-15H2,1-3H3/t18-/m1/s1. The van der Waals surface area contributed by atoms with Crippen LogP contribution in [0.25, 0.3) is 0 Å². The Morgan fingerprint density at radius 3 is 2.17 bits per heavy atom. The molecule has 1 saturated heterocycles. The molecule has 0 spiro atoms. The minimum absolute atomic E-state index is 0.0683. The van der Waals surface area contributed by atoms with Crippen molar-refractivity contribution in [2.75, 3.05) is 26.2 Å². The number of nitrogens with zero attached hydrogens (tertiary/aromatic N) is 2. The molecule has 0 aromatic heterocycles. The van der Waals surface area contributed by atoms with E-state index in [-0.39, 0.29) is 23.7 Å². The normalized spacial score (nSPS) is 16.7. The topological polar surface area (TPSA) is 40.6 Å². The molecule has 0 unspecified atom stereocenters. The van der Waals surface area contributed by atoms with Crippen LogP contribution in [0.15, 0.2) is 30.3 Å². The number of amides is 2. The zero-order chi connectivity index (χ0) is 17.5. The quantitative estimate of drug-likeness (QED) is 0.803. The summed E-state index contributed by atoms with van der Waals surface area (Å²) in [6.45, 7) is 9.02. The molecule has 4 nitrogen and oxygen atoms in total. The minimum Gasteiger partial charge on any atom is -0.343 e. The van der Waals surface area contributed by atoms with E-state index < -0.39 is 0 Å². The summed E-state index contributed by atoms with van der Waals surface area (Å²) in [5.41, 5.74) is 1.09. The Bertz CT molecular complexity index is 532. The highest BCUT2D eigenvalue weighted by atomic mass is 16.2. The van der Waals surface area contributed by atoms with E-state index in [0.717, 1.165) is 37.9 Å². The Balaban J connectivity index is 1.96. The van der Waals surface area contributed by atoms with Gasteiger partial charge < -0.3 is 9.80 Å².